The van der Waals surface area contributed by atoms with Crippen molar-refractivity contribution in [3.63, 3.8) is 0 Å². The van der Waals surface area contributed by atoms with Gasteiger partial charge < -0.3 is 4.74 Å². The number of para-hydroxylation sites is 1. The van der Waals surface area contributed by atoms with Crippen molar-refractivity contribution in [2.75, 3.05) is 5.32 Å². The molecule has 0 atom stereocenters. The normalized spacial score (nSPS) is 10.7. The van der Waals surface area contributed by atoms with Gasteiger partial charge in [0.05, 0.1) is 15.8 Å². The SMILES string of the molecule is O=C(Nc1nc2ccc(Oc3ccccc3)cc2s1)c1ccc(F)nc1. The molecule has 0 saturated heterocycles. The van der Waals surface area contributed by atoms with E-state index < -0.39 is 11.9 Å². The Bertz CT molecular complexity index is 1070. The van der Waals surface area contributed by atoms with E-state index in [1.165, 1.54) is 23.6 Å². The van der Waals surface area contributed by atoms with Crippen molar-refractivity contribution in [3.8, 4) is 11.5 Å². The summed E-state index contributed by atoms with van der Waals surface area (Å²) in [4.78, 5) is 20.0. The first kappa shape index (κ1) is 16.2. The van der Waals surface area contributed by atoms with E-state index in [2.05, 4.69) is 15.3 Å². The van der Waals surface area contributed by atoms with Crippen molar-refractivity contribution in [3.05, 3.63) is 78.4 Å². The fourth-order valence-electron chi connectivity index (χ4n) is 2.33. The fourth-order valence-corrected chi connectivity index (χ4v) is 3.22. The van der Waals surface area contributed by atoms with Crippen molar-refractivity contribution in [1.29, 1.82) is 0 Å². The summed E-state index contributed by atoms with van der Waals surface area (Å²) in [5.74, 6) is 0.409. The first-order valence-electron chi connectivity index (χ1n) is 7.74. The quantitative estimate of drug-likeness (QED) is 0.524. The molecule has 0 bridgehead atoms. The Morgan fingerprint density at radius 3 is 2.65 bits per heavy atom. The molecule has 2 heterocycles. The number of pyridine rings is 1. The number of amides is 1. The molecule has 0 aliphatic carbocycles. The van der Waals surface area contributed by atoms with Crippen LogP contribution in [0.3, 0.4) is 0 Å². The fraction of sp³-hybridized carbons (Fsp3) is 0. The average Bonchev–Trinajstić information content (AvgIpc) is 3.04. The number of anilines is 1. The van der Waals surface area contributed by atoms with E-state index in [4.69, 9.17) is 4.74 Å². The number of aromatic nitrogens is 2. The van der Waals surface area contributed by atoms with Crippen LogP contribution in [-0.2, 0) is 0 Å². The third-order valence-electron chi connectivity index (χ3n) is 3.55. The summed E-state index contributed by atoms with van der Waals surface area (Å²) < 4.78 is 19.5. The maximum Gasteiger partial charge on any atom is 0.259 e. The molecule has 5 nitrogen and oxygen atoms in total. The molecule has 4 aromatic rings. The first-order valence-corrected chi connectivity index (χ1v) is 8.55. The zero-order valence-electron chi connectivity index (χ0n) is 13.3. The van der Waals surface area contributed by atoms with E-state index in [9.17, 15) is 9.18 Å². The molecule has 7 heteroatoms. The Morgan fingerprint density at radius 1 is 1.04 bits per heavy atom. The van der Waals surface area contributed by atoms with Crippen LogP contribution < -0.4 is 10.1 Å². The Kier molecular flexibility index (Phi) is 4.28. The second-order valence-electron chi connectivity index (χ2n) is 5.39. The van der Waals surface area contributed by atoms with Crippen LogP contribution in [0.5, 0.6) is 11.5 Å². The average molecular weight is 365 g/mol. The van der Waals surface area contributed by atoms with Crippen LogP contribution in [0.1, 0.15) is 10.4 Å². The number of hydrogen-bond acceptors (Lipinski definition) is 5. The summed E-state index contributed by atoms with van der Waals surface area (Å²) in [5, 5.41) is 3.15. The molecule has 2 aromatic carbocycles. The van der Waals surface area contributed by atoms with Gasteiger partial charge in [-0.05, 0) is 36.4 Å². The molecule has 0 aliphatic heterocycles. The van der Waals surface area contributed by atoms with E-state index in [0.29, 0.717) is 10.9 Å². The highest BCUT2D eigenvalue weighted by molar-refractivity contribution is 7.22. The number of carbonyl (C=O) groups is 1. The summed E-state index contributed by atoms with van der Waals surface area (Å²) in [6, 6.07) is 17.5. The molecule has 0 fully saturated rings. The molecule has 0 spiro atoms. The van der Waals surface area contributed by atoms with Crippen LogP contribution in [0, 0.1) is 5.95 Å². The van der Waals surface area contributed by atoms with Crippen LogP contribution >= 0.6 is 11.3 Å². The summed E-state index contributed by atoms with van der Waals surface area (Å²) in [5.41, 5.74) is 1.02. The summed E-state index contributed by atoms with van der Waals surface area (Å²) >= 11 is 1.33. The van der Waals surface area contributed by atoms with Crippen LogP contribution in [0.15, 0.2) is 66.9 Å². The van der Waals surface area contributed by atoms with Crippen LogP contribution in [0.2, 0.25) is 0 Å². The van der Waals surface area contributed by atoms with Gasteiger partial charge in [0.2, 0.25) is 5.95 Å². The van der Waals surface area contributed by atoms with E-state index in [0.717, 1.165) is 22.0 Å². The van der Waals surface area contributed by atoms with Crippen LogP contribution in [0.25, 0.3) is 10.2 Å². The van der Waals surface area contributed by atoms with Crippen molar-refractivity contribution in [2.45, 2.75) is 0 Å². The van der Waals surface area contributed by atoms with Crippen LogP contribution in [0.4, 0.5) is 9.52 Å². The number of benzene rings is 2. The molecular weight excluding hydrogens is 353 g/mol. The maximum atomic E-state index is 12.8. The lowest BCUT2D eigenvalue weighted by Gasteiger charge is -2.04. The Morgan fingerprint density at radius 2 is 1.88 bits per heavy atom. The molecule has 2 aromatic heterocycles. The standard InChI is InChI=1S/C19H12FN3O2S/c20-17-9-6-12(11-21-17)18(24)23-19-22-15-8-7-14(10-16(15)26-19)25-13-4-2-1-3-5-13/h1-11H,(H,22,23,24). The minimum atomic E-state index is -0.632. The summed E-state index contributed by atoms with van der Waals surface area (Å²) in [7, 11) is 0. The van der Waals surface area contributed by atoms with Gasteiger partial charge >= 0.3 is 0 Å². The van der Waals surface area contributed by atoms with E-state index >= 15 is 0 Å². The number of ether oxygens (including phenoxy) is 1. The van der Waals surface area contributed by atoms with Crippen LogP contribution in [-0.4, -0.2) is 15.9 Å². The van der Waals surface area contributed by atoms with Gasteiger partial charge in [0.25, 0.3) is 5.91 Å². The Balaban J connectivity index is 1.53. The van der Waals surface area contributed by atoms with E-state index in [1.54, 1.807) is 0 Å². The highest BCUT2D eigenvalue weighted by Gasteiger charge is 2.11. The van der Waals surface area contributed by atoms with Gasteiger partial charge in [-0.3, -0.25) is 10.1 Å². The monoisotopic (exact) mass is 365 g/mol. The minimum absolute atomic E-state index is 0.263. The molecule has 26 heavy (non-hydrogen) atoms. The smallest absolute Gasteiger partial charge is 0.259 e. The third-order valence-corrected chi connectivity index (χ3v) is 4.48. The van der Waals surface area contributed by atoms with Crippen molar-refractivity contribution in [2.24, 2.45) is 0 Å². The predicted octanol–water partition coefficient (Wildman–Crippen LogP) is 4.88. The number of nitrogens with zero attached hydrogens (tertiary/aromatic N) is 2. The van der Waals surface area contributed by atoms with E-state index in [-0.39, 0.29) is 5.56 Å². The lowest BCUT2D eigenvalue weighted by Crippen LogP contribution is -2.12. The molecule has 4 rings (SSSR count). The number of rotatable bonds is 4. The molecule has 0 radical (unpaired) electrons. The predicted molar refractivity (Wildman–Crippen MR) is 98.3 cm³/mol. The lowest BCUT2D eigenvalue weighted by molar-refractivity contribution is 0.102. The topological polar surface area (TPSA) is 64.1 Å². The Hall–Kier alpha value is -3.32. The zero-order chi connectivity index (χ0) is 17.9. The van der Waals surface area contributed by atoms with Crippen molar-refractivity contribution >= 4 is 32.6 Å². The highest BCUT2D eigenvalue weighted by atomic mass is 32.1. The lowest BCUT2D eigenvalue weighted by atomic mass is 10.3. The largest absolute Gasteiger partial charge is 0.457 e. The van der Waals surface area contributed by atoms with Gasteiger partial charge in [-0.1, -0.05) is 29.5 Å². The van der Waals surface area contributed by atoms with Gasteiger partial charge in [0.15, 0.2) is 5.13 Å². The molecule has 0 aliphatic rings. The van der Waals surface area contributed by atoms with Gasteiger partial charge in [-0.2, -0.15) is 4.39 Å². The molecule has 128 valence electrons. The number of carbonyl (C=O) groups excluding carboxylic acids is 1. The number of halogens is 1. The summed E-state index contributed by atoms with van der Waals surface area (Å²) in [6.45, 7) is 0. The van der Waals surface area contributed by atoms with Crippen molar-refractivity contribution in [1.82, 2.24) is 9.97 Å². The number of nitrogens with one attached hydrogen (secondary N) is 1. The van der Waals surface area contributed by atoms with Gasteiger partial charge in [0.1, 0.15) is 11.5 Å². The molecule has 0 unspecified atom stereocenters. The number of fused-ring (bicyclic) bond motifs is 1. The second kappa shape index (κ2) is 6.89. The number of hydrogen-bond donors (Lipinski definition) is 1. The molecule has 0 saturated carbocycles. The van der Waals surface area contributed by atoms with Gasteiger partial charge in [-0.15, -0.1) is 0 Å². The maximum absolute atomic E-state index is 12.8. The number of thiazole rings is 1. The minimum Gasteiger partial charge on any atom is -0.457 e. The highest BCUT2D eigenvalue weighted by Crippen LogP contribution is 2.31. The van der Waals surface area contributed by atoms with Gasteiger partial charge in [0, 0.05) is 12.3 Å². The van der Waals surface area contributed by atoms with E-state index in [1.807, 2.05) is 48.5 Å². The van der Waals surface area contributed by atoms with Crippen molar-refractivity contribution < 1.29 is 13.9 Å². The third kappa shape index (κ3) is 3.52. The first-order chi connectivity index (χ1) is 12.7. The zero-order valence-corrected chi connectivity index (χ0v) is 14.2. The molecule has 1 amide bonds. The van der Waals surface area contributed by atoms with Gasteiger partial charge in [-0.25, -0.2) is 9.97 Å². The Labute approximate surface area is 152 Å². The second-order valence-corrected chi connectivity index (χ2v) is 6.42. The molecule has 1 N–H and O–H groups in total. The molecular formula is C19H12FN3O2S. The summed E-state index contributed by atoms with van der Waals surface area (Å²) in [6.07, 6.45) is 1.18.